The van der Waals surface area contributed by atoms with Crippen molar-refractivity contribution < 1.29 is 19.1 Å². The van der Waals surface area contributed by atoms with Crippen LogP contribution >= 0.6 is 0 Å². The summed E-state index contributed by atoms with van der Waals surface area (Å²) in [5, 5.41) is 0. The third-order valence-electron chi connectivity index (χ3n) is 5.53. The van der Waals surface area contributed by atoms with Crippen LogP contribution in [-0.4, -0.2) is 84.0 Å². The van der Waals surface area contributed by atoms with Gasteiger partial charge in [-0.25, -0.2) is 4.79 Å². The number of carbonyl (C=O) groups excluding carboxylic acids is 3. The number of cyclic esters (lactones) is 1. The lowest BCUT2D eigenvalue weighted by atomic mass is 9.83. The minimum absolute atomic E-state index is 0.0477. The van der Waals surface area contributed by atoms with E-state index >= 15 is 0 Å². The first-order valence-electron chi connectivity index (χ1n) is 8.77. The molecule has 0 aliphatic carbocycles. The number of nitrogens with zero attached hydrogens (tertiary/aromatic N) is 3. The maximum atomic E-state index is 12.4. The number of hydrogen-bond donors (Lipinski definition) is 1. The molecule has 0 spiro atoms. The number of carbonyl (C=O) groups is 3. The lowest BCUT2D eigenvalue weighted by Gasteiger charge is -2.48. The Morgan fingerprint density at radius 1 is 1.04 bits per heavy atom. The zero-order valence-corrected chi connectivity index (χ0v) is 14.0. The van der Waals surface area contributed by atoms with E-state index in [-0.39, 0.29) is 18.4 Å². The average molecular weight is 338 g/mol. The number of ether oxygens (including phenoxy) is 1. The number of piperidine rings is 2. The Labute approximate surface area is 141 Å². The van der Waals surface area contributed by atoms with Gasteiger partial charge >= 0.3 is 6.09 Å². The topological polar surface area (TPSA) is 96.2 Å². The van der Waals surface area contributed by atoms with Crippen molar-refractivity contribution in [3.63, 3.8) is 0 Å². The Morgan fingerprint density at radius 2 is 1.71 bits per heavy atom. The first-order chi connectivity index (χ1) is 11.5. The van der Waals surface area contributed by atoms with E-state index in [1.165, 1.54) is 11.3 Å². The van der Waals surface area contributed by atoms with Crippen LogP contribution in [0.2, 0.25) is 0 Å². The molecule has 3 saturated heterocycles. The maximum absolute atomic E-state index is 12.4. The van der Waals surface area contributed by atoms with Crippen LogP contribution in [0.15, 0.2) is 0 Å². The normalized spacial score (nSPS) is 24.8. The zero-order valence-electron chi connectivity index (χ0n) is 14.0. The molecule has 3 fully saturated rings. The smallest absolute Gasteiger partial charge is 0.410 e. The van der Waals surface area contributed by atoms with E-state index in [1.807, 2.05) is 0 Å². The molecule has 3 aliphatic rings. The minimum atomic E-state index is -0.621. The van der Waals surface area contributed by atoms with Gasteiger partial charge in [0.2, 0.25) is 11.8 Å². The predicted octanol–water partition coefficient (Wildman–Crippen LogP) is -0.229. The predicted molar refractivity (Wildman–Crippen MR) is 86.1 cm³/mol. The van der Waals surface area contributed by atoms with Crippen LogP contribution in [0.5, 0.6) is 0 Å². The number of rotatable bonds is 4. The summed E-state index contributed by atoms with van der Waals surface area (Å²) in [5.41, 5.74) is 5.13. The molecule has 3 rings (SSSR count). The van der Waals surface area contributed by atoms with Crippen molar-refractivity contribution in [1.29, 1.82) is 0 Å². The molecule has 0 bridgehead atoms. The lowest BCUT2D eigenvalue weighted by Crippen LogP contribution is -2.64. The summed E-state index contributed by atoms with van der Waals surface area (Å²) in [4.78, 5) is 41.4. The third kappa shape index (κ3) is 3.19. The van der Waals surface area contributed by atoms with Gasteiger partial charge in [0.25, 0.3) is 0 Å². The van der Waals surface area contributed by atoms with Crippen molar-refractivity contribution in [2.45, 2.75) is 37.6 Å². The molecule has 0 aromatic rings. The van der Waals surface area contributed by atoms with Gasteiger partial charge in [-0.1, -0.05) is 6.42 Å². The van der Waals surface area contributed by atoms with Crippen LogP contribution in [-0.2, 0) is 14.3 Å². The highest BCUT2D eigenvalue weighted by Gasteiger charge is 2.45. The van der Waals surface area contributed by atoms with E-state index in [9.17, 15) is 14.4 Å². The number of primary amides is 1. The fourth-order valence-corrected chi connectivity index (χ4v) is 4.00. The SMILES string of the molecule is NC(=O)C1(N2CCCCC2)CCN(C(=O)CN2CCOC2=O)CC1. The summed E-state index contributed by atoms with van der Waals surface area (Å²) in [5.74, 6) is -0.370. The average Bonchev–Trinajstić information content (AvgIpc) is 3.00. The van der Waals surface area contributed by atoms with Gasteiger partial charge < -0.3 is 15.4 Å². The summed E-state index contributed by atoms with van der Waals surface area (Å²) in [6.07, 6.45) is 4.09. The Balaban J connectivity index is 1.59. The van der Waals surface area contributed by atoms with Crippen LogP contribution in [0.3, 0.4) is 0 Å². The molecule has 0 unspecified atom stereocenters. The van der Waals surface area contributed by atoms with Crippen LogP contribution in [0.25, 0.3) is 0 Å². The standard InChI is InChI=1S/C16H26N4O4/c17-14(22)16(20-6-2-1-3-7-20)4-8-18(9-5-16)13(21)12-19-10-11-24-15(19)23/h1-12H2,(H2,17,22). The molecule has 24 heavy (non-hydrogen) atoms. The Morgan fingerprint density at radius 3 is 2.25 bits per heavy atom. The molecule has 0 aromatic heterocycles. The Kier molecular flexibility index (Phi) is 4.93. The zero-order chi connectivity index (χ0) is 17.2. The molecule has 8 heteroatoms. The second-order valence-corrected chi connectivity index (χ2v) is 6.86. The molecule has 3 aliphatic heterocycles. The van der Waals surface area contributed by atoms with Crippen molar-refractivity contribution in [3.05, 3.63) is 0 Å². The molecule has 3 heterocycles. The van der Waals surface area contributed by atoms with Crippen molar-refractivity contribution in [2.75, 3.05) is 45.9 Å². The summed E-state index contributed by atoms with van der Waals surface area (Å²) >= 11 is 0. The van der Waals surface area contributed by atoms with Gasteiger partial charge in [0.15, 0.2) is 0 Å². The van der Waals surface area contributed by atoms with Crippen molar-refractivity contribution >= 4 is 17.9 Å². The summed E-state index contributed by atoms with van der Waals surface area (Å²) in [7, 11) is 0. The molecule has 0 radical (unpaired) electrons. The molecular formula is C16H26N4O4. The minimum Gasteiger partial charge on any atom is -0.448 e. The highest BCUT2D eigenvalue weighted by Crippen LogP contribution is 2.31. The number of amides is 3. The maximum Gasteiger partial charge on any atom is 0.410 e. The number of nitrogens with two attached hydrogens (primary N) is 1. The summed E-state index contributed by atoms with van der Waals surface area (Å²) < 4.78 is 4.85. The van der Waals surface area contributed by atoms with Gasteiger partial charge in [0, 0.05) is 13.1 Å². The van der Waals surface area contributed by atoms with Gasteiger partial charge in [-0.2, -0.15) is 0 Å². The van der Waals surface area contributed by atoms with Crippen molar-refractivity contribution in [3.8, 4) is 0 Å². The van der Waals surface area contributed by atoms with Gasteiger partial charge in [-0.05, 0) is 38.8 Å². The van der Waals surface area contributed by atoms with E-state index in [0.29, 0.717) is 39.1 Å². The molecule has 2 N–H and O–H groups in total. The van der Waals surface area contributed by atoms with E-state index in [0.717, 1.165) is 25.9 Å². The highest BCUT2D eigenvalue weighted by molar-refractivity contribution is 5.86. The van der Waals surface area contributed by atoms with Gasteiger partial charge in [-0.15, -0.1) is 0 Å². The molecule has 0 saturated carbocycles. The number of likely N-dealkylation sites (tertiary alicyclic amines) is 2. The molecule has 3 amide bonds. The summed E-state index contributed by atoms with van der Waals surface area (Å²) in [6.45, 7) is 3.64. The van der Waals surface area contributed by atoms with E-state index in [4.69, 9.17) is 10.5 Å². The lowest BCUT2D eigenvalue weighted by molar-refractivity contribution is -0.142. The van der Waals surface area contributed by atoms with Crippen LogP contribution < -0.4 is 5.73 Å². The van der Waals surface area contributed by atoms with Crippen LogP contribution in [0, 0.1) is 0 Å². The Bertz CT molecular complexity index is 510. The largest absolute Gasteiger partial charge is 0.448 e. The number of hydrogen-bond acceptors (Lipinski definition) is 5. The van der Waals surface area contributed by atoms with Gasteiger partial charge in [-0.3, -0.25) is 19.4 Å². The van der Waals surface area contributed by atoms with Gasteiger partial charge in [0.1, 0.15) is 18.7 Å². The van der Waals surface area contributed by atoms with E-state index in [2.05, 4.69) is 4.90 Å². The first-order valence-corrected chi connectivity index (χ1v) is 8.77. The molecule has 0 aromatic carbocycles. The second kappa shape index (κ2) is 6.96. The molecule has 134 valence electrons. The molecular weight excluding hydrogens is 312 g/mol. The first kappa shape index (κ1) is 17.0. The van der Waals surface area contributed by atoms with Crippen molar-refractivity contribution in [1.82, 2.24) is 14.7 Å². The fourth-order valence-electron chi connectivity index (χ4n) is 4.00. The van der Waals surface area contributed by atoms with Gasteiger partial charge in [0.05, 0.1) is 6.54 Å². The molecule has 8 nitrogen and oxygen atoms in total. The fraction of sp³-hybridized carbons (Fsp3) is 0.812. The third-order valence-corrected chi connectivity index (χ3v) is 5.53. The van der Waals surface area contributed by atoms with E-state index < -0.39 is 11.6 Å². The monoisotopic (exact) mass is 338 g/mol. The molecule has 0 atom stereocenters. The summed E-state index contributed by atoms with van der Waals surface area (Å²) in [6, 6.07) is 0. The Hall–Kier alpha value is -1.83. The van der Waals surface area contributed by atoms with Crippen LogP contribution in [0.1, 0.15) is 32.1 Å². The quantitative estimate of drug-likeness (QED) is 0.764. The second-order valence-electron chi connectivity index (χ2n) is 6.86. The van der Waals surface area contributed by atoms with Crippen LogP contribution in [0.4, 0.5) is 4.79 Å². The van der Waals surface area contributed by atoms with Crippen molar-refractivity contribution in [2.24, 2.45) is 5.73 Å². The highest BCUT2D eigenvalue weighted by atomic mass is 16.6. The van der Waals surface area contributed by atoms with E-state index in [1.54, 1.807) is 4.90 Å².